The molecular formula is C13H13Cl2N3O6S. The Hall–Kier alpha value is -2.04. The van der Waals surface area contributed by atoms with Crippen molar-refractivity contribution in [3.05, 3.63) is 33.8 Å². The molecule has 25 heavy (non-hydrogen) atoms. The van der Waals surface area contributed by atoms with Crippen molar-refractivity contribution in [3.8, 4) is 0 Å². The van der Waals surface area contributed by atoms with Crippen LogP contribution in [0.2, 0.25) is 10.0 Å². The number of aliphatic carboxylic acids is 1. The monoisotopic (exact) mass is 409 g/mol. The van der Waals surface area contributed by atoms with Crippen LogP contribution in [0.15, 0.2) is 18.2 Å². The molecule has 1 saturated heterocycles. The fraction of sp³-hybridized carbons (Fsp3) is 0.308. The third kappa shape index (κ3) is 4.14. The van der Waals surface area contributed by atoms with Crippen LogP contribution in [0, 0.1) is 0 Å². The molecule has 1 unspecified atom stereocenters. The van der Waals surface area contributed by atoms with Gasteiger partial charge in [-0.15, -0.1) is 0 Å². The first-order chi connectivity index (χ1) is 11.5. The van der Waals surface area contributed by atoms with Crippen LogP contribution in [-0.4, -0.2) is 60.1 Å². The van der Waals surface area contributed by atoms with Crippen molar-refractivity contribution < 1.29 is 27.9 Å². The maximum Gasteiger partial charge on any atom is 0.341 e. The van der Waals surface area contributed by atoms with Gasteiger partial charge in [0.05, 0.1) is 19.3 Å². The molecule has 0 spiro atoms. The van der Waals surface area contributed by atoms with Crippen LogP contribution in [0.1, 0.15) is 11.6 Å². The van der Waals surface area contributed by atoms with Crippen LogP contribution in [0.25, 0.3) is 0 Å². The number of carbonyl (C=O) groups excluding carboxylic acids is 2. The fourth-order valence-corrected chi connectivity index (χ4v) is 3.43. The molecule has 1 atom stereocenters. The molecule has 0 radical (unpaired) electrons. The minimum Gasteiger partial charge on any atom is -0.479 e. The zero-order valence-electron chi connectivity index (χ0n) is 12.8. The van der Waals surface area contributed by atoms with E-state index in [1.165, 1.54) is 18.2 Å². The Labute approximate surface area is 153 Å². The number of rotatable bonds is 4. The van der Waals surface area contributed by atoms with Crippen molar-refractivity contribution in [1.29, 1.82) is 0 Å². The zero-order chi connectivity index (χ0) is 18.9. The fourth-order valence-electron chi connectivity index (χ4n) is 2.22. The number of amides is 4. The number of urea groups is 2. The van der Waals surface area contributed by atoms with E-state index in [4.69, 9.17) is 23.2 Å². The number of carboxylic acid groups (broad SMARTS) is 1. The number of imide groups is 1. The van der Waals surface area contributed by atoms with Gasteiger partial charge in [-0.05, 0) is 18.2 Å². The van der Waals surface area contributed by atoms with Gasteiger partial charge in [0.2, 0.25) is 10.0 Å². The molecule has 1 fully saturated rings. The summed E-state index contributed by atoms with van der Waals surface area (Å²) in [6.45, 7) is -0.409. The normalized spacial score (nSPS) is 16.0. The van der Waals surface area contributed by atoms with Crippen molar-refractivity contribution in [2.75, 3.05) is 19.3 Å². The van der Waals surface area contributed by atoms with Crippen molar-refractivity contribution >= 4 is 51.3 Å². The number of nitrogens with zero attached hydrogens (tertiary/aromatic N) is 2. The second-order valence-corrected chi connectivity index (χ2v) is 7.91. The average molecular weight is 410 g/mol. The van der Waals surface area contributed by atoms with Gasteiger partial charge in [0.15, 0.2) is 6.04 Å². The third-order valence-electron chi connectivity index (χ3n) is 3.40. The summed E-state index contributed by atoms with van der Waals surface area (Å²) in [5.41, 5.74) is 0.0293. The van der Waals surface area contributed by atoms with Crippen molar-refractivity contribution in [3.63, 3.8) is 0 Å². The van der Waals surface area contributed by atoms with Gasteiger partial charge in [0.1, 0.15) is 0 Å². The second-order valence-electron chi connectivity index (χ2n) is 5.16. The minimum atomic E-state index is -3.82. The van der Waals surface area contributed by atoms with Gasteiger partial charge in [-0.3, -0.25) is 0 Å². The highest BCUT2D eigenvalue weighted by Gasteiger charge is 2.39. The van der Waals surface area contributed by atoms with Gasteiger partial charge in [0, 0.05) is 15.6 Å². The number of carbonyl (C=O) groups is 3. The van der Waals surface area contributed by atoms with Gasteiger partial charge < -0.3 is 10.4 Å². The van der Waals surface area contributed by atoms with Gasteiger partial charge in [-0.1, -0.05) is 23.2 Å². The summed E-state index contributed by atoms with van der Waals surface area (Å²) in [5, 5.41) is 11.8. The summed E-state index contributed by atoms with van der Waals surface area (Å²) in [6.07, 6.45) is 0.831. The average Bonchev–Trinajstić information content (AvgIpc) is 2.89. The van der Waals surface area contributed by atoms with Crippen LogP contribution in [0.3, 0.4) is 0 Å². The first kappa shape index (κ1) is 19.3. The summed E-state index contributed by atoms with van der Waals surface area (Å²) in [5.74, 6) is -1.43. The van der Waals surface area contributed by atoms with Crippen LogP contribution in [0.5, 0.6) is 0 Å². The standard InChI is InChI=1S/C13H13Cl2N3O6S/c1-25(23,24)18-5-4-17(13(18)22)12(21)16-10(11(19)20)8-6-7(14)2-3-9(8)15/h2-3,6,10H,4-5H2,1H3,(H,16,21)(H,19,20). The topological polar surface area (TPSA) is 124 Å². The molecule has 2 rings (SSSR count). The highest BCUT2D eigenvalue weighted by atomic mass is 35.5. The summed E-state index contributed by atoms with van der Waals surface area (Å²) in [7, 11) is -3.82. The maximum atomic E-state index is 12.2. The maximum absolute atomic E-state index is 12.2. The molecule has 0 aromatic heterocycles. The largest absolute Gasteiger partial charge is 0.479 e. The summed E-state index contributed by atoms with van der Waals surface area (Å²) in [6, 6.07) is 0.410. The quantitative estimate of drug-likeness (QED) is 0.776. The lowest BCUT2D eigenvalue weighted by Crippen LogP contribution is -2.46. The molecular weight excluding hydrogens is 397 g/mol. The smallest absolute Gasteiger partial charge is 0.341 e. The molecule has 1 aliphatic heterocycles. The number of sulfonamides is 1. The highest BCUT2D eigenvalue weighted by molar-refractivity contribution is 7.88. The predicted molar refractivity (Wildman–Crippen MR) is 89.0 cm³/mol. The molecule has 0 bridgehead atoms. The van der Waals surface area contributed by atoms with E-state index in [9.17, 15) is 27.9 Å². The van der Waals surface area contributed by atoms with Gasteiger partial charge in [-0.2, -0.15) is 0 Å². The number of nitrogens with one attached hydrogen (secondary N) is 1. The van der Waals surface area contributed by atoms with Crippen molar-refractivity contribution in [2.24, 2.45) is 0 Å². The van der Waals surface area contributed by atoms with Gasteiger partial charge in [-0.25, -0.2) is 32.0 Å². The second kappa shape index (κ2) is 7.06. The Kier molecular flexibility index (Phi) is 5.45. The number of hydrogen-bond donors (Lipinski definition) is 2. The SMILES string of the molecule is CS(=O)(=O)N1CCN(C(=O)NC(C(=O)O)c2cc(Cl)ccc2Cl)C1=O. The molecule has 4 amide bonds. The van der Waals surface area contributed by atoms with E-state index in [0.29, 0.717) is 9.21 Å². The summed E-state index contributed by atoms with van der Waals surface area (Å²) in [4.78, 5) is 36.4. The Balaban J connectivity index is 2.24. The van der Waals surface area contributed by atoms with Crippen LogP contribution >= 0.6 is 23.2 Å². The molecule has 1 aromatic carbocycles. The lowest BCUT2D eigenvalue weighted by atomic mass is 10.1. The first-order valence-electron chi connectivity index (χ1n) is 6.80. The Morgan fingerprint density at radius 1 is 1.28 bits per heavy atom. The lowest BCUT2D eigenvalue weighted by molar-refractivity contribution is -0.139. The molecule has 0 aliphatic carbocycles. The Morgan fingerprint density at radius 2 is 1.92 bits per heavy atom. The van der Waals surface area contributed by atoms with E-state index in [1.807, 2.05) is 0 Å². The summed E-state index contributed by atoms with van der Waals surface area (Å²) < 4.78 is 23.5. The number of halogens is 2. The van der Waals surface area contributed by atoms with Gasteiger partial charge >= 0.3 is 18.0 Å². The molecule has 1 aliphatic rings. The van der Waals surface area contributed by atoms with Crippen LogP contribution in [-0.2, 0) is 14.8 Å². The third-order valence-corrected chi connectivity index (χ3v) is 5.12. The zero-order valence-corrected chi connectivity index (χ0v) is 15.1. The van der Waals surface area contributed by atoms with Crippen LogP contribution in [0.4, 0.5) is 9.59 Å². The molecule has 9 nitrogen and oxygen atoms in total. The first-order valence-corrected chi connectivity index (χ1v) is 9.40. The van der Waals surface area contributed by atoms with E-state index >= 15 is 0 Å². The predicted octanol–water partition coefficient (Wildman–Crippen LogP) is 1.53. The molecule has 0 saturated carbocycles. The van der Waals surface area contributed by atoms with E-state index in [2.05, 4.69) is 5.32 Å². The molecule has 1 heterocycles. The van der Waals surface area contributed by atoms with Crippen molar-refractivity contribution in [1.82, 2.24) is 14.5 Å². The van der Waals surface area contributed by atoms with E-state index in [0.717, 1.165) is 6.26 Å². The number of hydrogen-bond acceptors (Lipinski definition) is 5. The summed E-state index contributed by atoms with van der Waals surface area (Å²) >= 11 is 11.8. The molecule has 2 N–H and O–H groups in total. The molecule has 136 valence electrons. The molecule has 12 heteroatoms. The van der Waals surface area contributed by atoms with E-state index < -0.39 is 34.1 Å². The van der Waals surface area contributed by atoms with Gasteiger partial charge in [0.25, 0.3) is 0 Å². The number of benzene rings is 1. The highest BCUT2D eigenvalue weighted by Crippen LogP contribution is 2.27. The minimum absolute atomic E-state index is 0.0293. The van der Waals surface area contributed by atoms with E-state index in [1.54, 1.807) is 0 Å². The van der Waals surface area contributed by atoms with E-state index in [-0.39, 0.29) is 28.7 Å². The van der Waals surface area contributed by atoms with Crippen LogP contribution < -0.4 is 5.32 Å². The number of carboxylic acids is 1. The molecule has 1 aromatic rings. The Morgan fingerprint density at radius 3 is 2.44 bits per heavy atom. The lowest BCUT2D eigenvalue weighted by Gasteiger charge is -2.21. The van der Waals surface area contributed by atoms with Crippen molar-refractivity contribution in [2.45, 2.75) is 6.04 Å². The Bertz CT molecular complexity index is 844.